The van der Waals surface area contributed by atoms with Gasteiger partial charge < -0.3 is 0 Å². The van der Waals surface area contributed by atoms with E-state index in [9.17, 15) is 0 Å². The van der Waals surface area contributed by atoms with Crippen molar-refractivity contribution in [3.05, 3.63) is 235 Å². The van der Waals surface area contributed by atoms with E-state index in [0.29, 0.717) is 17.5 Å². The van der Waals surface area contributed by atoms with Crippen molar-refractivity contribution in [1.82, 2.24) is 15.0 Å². The molecule has 3 heteroatoms. The van der Waals surface area contributed by atoms with Crippen molar-refractivity contribution in [3.63, 3.8) is 0 Å². The summed E-state index contributed by atoms with van der Waals surface area (Å²) in [5.41, 5.74) is 12.2. The predicted octanol–water partition coefficient (Wildman–Crippen LogP) is 13.2. The van der Waals surface area contributed by atoms with Crippen LogP contribution in [0.1, 0.15) is 22.3 Å². The fourth-order valence-corrected chi connectivity index (χ4v) is 9.09. The average Bonchev–Trinajstić information content (AvgIpc) is 3.62. The van der Waals surface area contributed by atoms with Crippen molar-refractivity contribution >= 4 is 21.5 Å². The third kappa shape index (κ3) is 5.24. The molecule has 0 radical (unpaired) electrons. The van der Waals surface area contributed by atoms with Crippen LogP contribution in [0.5, 0.6) is 0 Å². The molecule has 1 aliphatic rings. The second kappa shape index (κ2) is 13.4. The summed E-state index contributed by atoms with van der Waals surface area (Å²) in [6.07, 6.45) is 0. The molecule has 9 aromatic carbocycles. The van der Waals surface area contributed by atoms with Crippen molar-refractivity contribution in [2.24, 2.45) is 0 Å². The summed E-state index contributed by atoms with van der Waals surface area (Å²) >= 11 is 0. The average molecular weight is 726 g/mol. The van der Waals surface area contributed by atoms with E-state index in [4.69, 9.17) is 15.0 Å². The molecule has 0 fully saturated rings. The molecule has 0 N–H and O–H groups in total. The summed E-state index contributed by atoms with van der Waals surface area (Å²) < 4.78 is 0. The van der Waals surface area contributed by atoms with Gasteiger partial charge in [-0.1, -0.05) is 212 Å². The minimum atomic E-state index is -0.574. The maximum atomic E-state index is 5.13. The van der Waals surface area contributed by atoms with Gasteiger partial charge in [0, 0.05) is 16.7 Å². The molecule has 1 atom stereocenters. The minimum Gasteiger partial charge on any atom is -0.208 e. The lowest BCUT2D eigenvalue weighted by atomic mass is 9.66. The van der Waals surface area contributed by atoms with Crippen LogP contribution in [0.2, 0.25) is 0 Å². The Hall–Kier alpha value is -7.49. The fourth-order valence-electron chi connectivity index (χ4n) is 9.09. The molecule has 0 saturated heterocycles. The maximum Gasteiger partial charge on any atom is 0.164 e. The van der Waals surface area contributed by atoms with Gasteiger partial charge in [0.2, 0.25) is 0 Å². The molecule has 57 heavy (non-hydrogen) atoms. The summed E-state index contributed by atoms with van der Waals surface area (Å²) in [4.78, 5) is 15.2. The Morgan fingerprint density at radius 1 is 0.281 bits per heavy atom. The summed E-state index contributed by atoms with van der Waals surface area (Å²) in [6, 6.07) is 75.8. The van der Waals surface area contributed by atoms with Gasteiger partial charge in [-0.15, -0.1) is 0 Å². The van der Waals surface area contributed by atoms with E-state index < -0.39 is 5.41 Å². The van der Waals surface area contributed by atoms with Crippen molar-refractivity contribution < 1.29 is 0 Å². The highest BCUT2D eigenvalue weighted by molar-refractivity contribution is 6.19. The van der Waals surface area contributed by atoms with Gasteiger partial charge >= 0.3 is 0 Å². The van der Waals surface area contributed by atoms with Gasteiger partial charge in [0.1, 0.15) is 0 Å². The van der Waals surface area contributed by atoms with Crippen LogP contribution >= 0.6 is 0 Å². The van der Waals surface area contributed by atoms with Crippen LogP contribution in [0.4, 0.5) is 0 Å². The number of hydrogen-bond donors (Lipinski definition) is 0. The molecule has 0 aliphatic heterocycles. The van der Waals surface area contributed by atoms with E-state index >= 15 is 0 Å². The molecule has 266 valence electrons. The van der Waals surface area contributed by atoms with E-state index in [1.807, 2.05) is 24.3 Å². The Bertz CT molecular complexity index is 3090. The summed E-state index contributed by atoms with van der Waals surface area (Å²) in [6.45, 7) is 0. The zero-order chi connectivity index (χ0) is 37.8. The first-order valence-corrected chi connectivity index (χ1v) is 19.4. The van der Waals surface area contributed by atoms with Crippen molar-refractivity contribution in [1.29, 1.82) is 0 Å². The van der Waals surface area contributed by atoms with Crippen LogP contribution in [-0.2, 0) is 5.41 Å². The Morgan fingerprint density at radius 3 is 1.28 bits per heavy atom. The van der Waals surface area contributed by atoms with Crippen LogP contribution in [0.15, 0.2) is 212 Å². The largest absolute Gasteiger partial charge is 0.208 e. The highest BCUT2D eigenvalue weighted by Crippen LogP contribution is 2.60. The third-order valence-corrected chi connectivity index (χ3v) is 11.6. The predicted molar refractivity (Wildman–Crippen MR) is 234 cm³/mol. The highest BCUT2D eigenvalue weighted by Gasteiger charge is 2.47. The molecule has 3 nitrogen and oxygen atoms in total. The molecule has 1 unspecified atom stereocenters. The zero-order valence-corrected chi connectivity index (χ0v) is 31.0. The van der Waals surface area contributed by atoms with Gasteiger partial charge in [-0.2, -0.15) is 0 Å². The van der Waals surface area contributed by atoms with Crippen molar-refractivity contribution in [3.8, 4) is 56.4 Å². The van der Waals surface area contributed by atoms with E-state index in [1.54, 1.807) is 0 Å². The third-order valence-electron chi connectivity index (χ3n) is 11.6. The maximum absolute atomic E-state index is 5.13. The minimum absolute atomic E-state index is 0.574. The first-order chi connectivity index (χ1) is 28.3. The molecule has 10 aromatic rings. The first kappa shape index (κ1) is 32.9. The number of benzene rings is 9. The molecular weight excluding hydrogens is 691 g/mol. The zero-order valence-electron chi connectivity index (χ0n) is 31.0. The van der Waals surface area contributed by atoms with Gasteiger partial charge in [0.15, 0.2) is 17.5 Å². The quantitative estimate of drug-likeness (QED) is 0.160. The Morgan fingerprint density at radius 2 is 0.667 bits per heavy atom. The van der Waals surface area contributed by atoms with E-state index in [1.165, 1.54) is 60.5 Å². The van der Waals surface area contributed by atoms with Crippen LogP contribution < -0.4 is 0 Å². The Kier molecular flexibility index (Phi) is 7.71. The molecule has 1 aromatic heterocycles. The molecule has 0 saturated carbocycles. The molecule has 0 spiro atoms. The lowest BCUT2D eigenvalue weighted by molar-refractivity contribution is 0.776. The normalized spacial score (nSPS) is 14.4. The van der Waals surface area contributed by atoms with E-state index in [-0.39, 0.29) is 0 Å². The second-order valence-electron chi connectivity index (χ2n) is 14.7. The number of aromatic nitrogens is 3. The van der Waals surface area contributed by atoms with Crippen molar-refractivity contribution in [2.75, 3.05) is 0 Å². The van der Waals surface area contributed by atoms with Crippen LogP contribution in [0.25, 0.3) is 78.0 Å². The SMILES string of the molecule is c1ccc(-c2ccc(-c3nc(-c4ccccc4)nc(-c4ccc(C5(c6ccccc6)c6ccccc6-c6c5c5ccccc5c5ccccc65)cc4)n3)cc2)cc1. The molecular formula is C54H35N3. The standard InChI is InChI=1S/C54H35N3/c1-4-16-36(17-5-1)37-28-30-39(31-29-37)52-55-51(38-18-6-2-7-19-38)56-53(57-52)40-32-34-42(35-33-40)54(41-20-8-3-9-21-41)48-27-15-14-26-47(48)49-45-24-12-10-22-43(45)44-23-11-13-25-46(44)50(49)54/h1-35H. The van der Waals surface area contributed by atoms with Gasteiger partial charge in [-0.3, -0.25) is 0 Å². The highest BCUT2D eigenvalue weighted by atomic mass is 15.0. The number of nitrogens with zero attached hydrogens (tertiary/aromatic N) is 3. The Balaban J connectivity index is 1.11. The summed E-state index contributed by atoms with van der Waals surface area (Å²) in [5.74, 6) is 1.92. The van der Waals surface area contributed by atoms with Gasteiger partial charge in [-0.05, 0) is 66.1 Å². The summed E-state index contributed by atoms with van der Waals surface area (Å²) in [7, 11) is 0. The fraction of sp³-hybridized carbons (Fsp3) is 0.0185. The van der Waals surface area contributed by atoms with Crippen LogP contribution in [-0.4, -0.2) is 15.0 Å². The van der Waals surface area contributed by atoms with Gasteiger partial charge in [0.25, 0.3) is 0 Å². The van der Waals surface area contributed by atoms with Crippen LogP contribution in [0.3, 0.4) is 0 Å². The van der Waals surface area contributed by atoms with E-state index in [0.717, 1.165) is 22.3 Å². The molecule has 0 amide bonds. The van der Waals surface area contributed by atoms with Gasteiger partial charge in [0.05, 0.1) is 5.41 Å². The lowest BCUT2D eigenvalue weighted by Gasteiger charge is -2.35. The smallest absolute Gasteiger partial charge is 0.164 e. The lowest BCUT2D eigenvalue weighted by Crippen LogP contribution is -2.28. The number of fused-ring (bicyclic) bond motifs is 8. The molecule has 1 heterocycles. The summed E-state index contributed by atoms with van der Waals surface area (Å²) in [5, 5.41) is 5.08. The Labute approximate surface area is 331 Å². The van der Waals surface area contributed by atoms with E-state index in [2.05, 4.69) is 188 Å². The molecule has 0 bridgehead atoms. The van der Waals surface area contributed by atoms with Crippen LogP contribution in [0, 0.1) is 0 Å². The molecule has 11 rings (SSSR count). The van der Waals surface area contributed by atoms with Crippen molar-refractivity contribution in [2.45, 2.75) is 5.41 Å². The number of rotatable bonds is 6. The first-order valence-electron chi connectivity index (χ1n) is 19.4. The molecule has 1 aliphatic carbocycles. The van der Waals surface area contributed by atoms with Gasteiger partial charge in [-0.25, -0.2) is 15.0 Å². The number of hydrogen-bond acceptors (Lipinski definition) is 3. The monoisotopic (exact) mass is 725 g/mol. The second-order valence-corrected chi connectivity index (χ2v) is 14.7. The topological polar surface area (TPSA) is 38.7 Å².